The van der Waals surface area contributed by atoms with Gasteiger partial charge in [0, 0.05) is 26.3 Å². The van der Waals surface area contributed by atoms with Crippen molar-refractivity contribution in [2.45, 2.75) is 55.6 Å². The third kappa shape index (κ3) is 12.1. The zero-order valence-electron chi connectivity index (χ0n) is 25.1. The number of nitrogens with zero attached hydrogens (tertiary/aromatic N) is 2. The van der Waals surface area contributed by atoms with Crippen LogP contribution in [0.2, 0.25) is 0 Å². The smallest absolute Gasteiger partial charge is 0.327 e. The maximum absolute atomic E-state index is 13.7. The Balaban J connectivity index is 2.55. The van der Waals surface area contributed by atoms with Crippen LogP contribution >= 0.6 is 21.6 Å². The van der Waals surface area contributed by atoms with E-state index in [2.05, 4.69) is 26.3 Å². The van der Waals surface area contributed by atoms with Gasteiger partial charge < -0.3 is 47.8 Å². The van der Waals surface area contributed by atoms with Gasteiger partial charge in [-0.15, -0.1) is 0 Å². The molecule has 19 heteroatoms. The van der Waals surface area contributed by atoms with Crippen LogP contribution < -0.4 is 32.7 Å². The summed E-state index contributed by atoms with van der Waals surface area (Å²) in [6.45, 7) is 0.639. The number of nitrogens with two attached hydrogens (primary N) is 2. The van der Waals surface area contributed by atoms with Gasteiger partial charge in [0.15, 0.2) is 5.96 Å². The maximum atomic E-state index is 13.7. The molecule has 0 spiro atoms. The number of carboxylic acids is 2. The van der Waals surface area contributed by atoms with Crippen molar-refractivity contribution in [3.63, 3.8) is 0 Å². The molecule has 17 nitrogen and oxygen atoms in total. The lowest BCUT2D eigenvalue weighted by Crippen LogP contribution is -2.56. The van der Waals surface area contributed by atoms with Gasteiger partial charge in [-0.25, -0.2) is 4.79 Å². The standard InChI is InChI=1S/C27H38N8O9S2/c1-14(36)32-17-13-45-46-22(15-7-4-3-5-8-15)21(26(43)44)34-23(40)16(11-20(38)39)33-19(37)12-31-24(41)18(35(2)25(17)42)9-6-10-30-27(28)29/h3-5,7-8,16-18,21-22H,6,9-13H2,1-2H3,(H,31,41)(H,32,36)(H,33,37)(H,34,40)(H,38,39)(H,43,44)(H4,28,29,30)/t16-,17-,18-,21-,22+/m0/s1. The maximum Gasteiger partial charge on any atom is 0.327 e. The van der Waals surface area contributed by atoms with Gasteiger partial charge in [0.2, 0.25) is 29.5 Å². The highest BCUT2D eigenvalue weighted by Gasteiger charge is 2.37. The Morgan fingerprint density at radius 2 is 1.74 bits per heavy atom. The van der Waals surface area contributed by atoms with Crippen molar-refractivity contribution in [1.82, 2.24) is 26.2 Å². The van der Waals surface area contributed by atoms with Crippen LogP contribution in [-0.4, -0.2) is 113 Å². The zero-order valence-corrected chi connectivity index (χ0v) is 26.8. The Morgan fingerprint density at radius 3 is 2.33 bits per heavy atom. The number of amides is 5. The molecule has 0 unspecified atom stereocenters. The number of aliphatic carboxylic acids is 2. The van der Waals surface area contributed by atoms with E-state index in [4.69, 9.17) is 11.5 Å². The number of hydrogen-bond donors (Lipinski definition) is 8. The van der Waals surface area contributed by atoms with Crippen LogP contribution in [0.25, 0.3) is 0 Å². The molecule has 0 aromatic heterocycles. The Labute approximate surface area is 272 Å². The summed E-state index contributed by atoms with van der Waals surface area (Å²) >= 11 is 0. The number of rotatable bonds is 9. The van der Waals surface area contributed by atoms with Gasteiger partial charge >= 0.3 is 11.9 Å². The van der Waals surface area contributed by atoms with Gasteiger partial charge in [-0.2, -0.15) is 0 Å². The molecule has 10 N–H and O–H groups in total. The van der Waals surface area contributed by atoms with E-state index >= 15 is 0 Å². The number of carbonyl (C=O) groups excluding carboxylic acids is 5. The van der Waals surface area contributed by atoms with Gasteiger partial charge in [-0.3, -0.25) is 33.8 Å². The largest absolute Gasteiger partial charge is 0.481 e. The highest BCUT2D eigenvalue weighted by Crippen LogP contribution is 2.41. The first-order chi connectivity index (χ1) is 21.7. The number of aliphatic imine (C=N–C) groups is 1. The van der Waals surface area contributed by atoms with Gasteiger partial charge in [0.25, 0.3) is 0 Å². The van der Waals surface area contributed by atoms with Gasteiger partial charge in [-0.1, -0.05) is 51.9 Å². The van der Waals surface area contributed by atoms with Crippen LogP contribution in [0.4, 0.5) is 0 Å². The number of likely N-dealkylation sites (N-methyl/N-ethyl adjacent to an activating group) is 1. The molecule has 0 aliphatic carbocycles. The summed E-state index contributed by atoms with van der Waals surface area (Å²) in [5.74, 6) is -7.07. The third-order valence-electron chi connectivity index (χ3n) is 6.58. The minimum atomic E-state index is -1.68. The summed E-state index contributed by atoms with van der Waals surface area (Å²) in [4.78, 5) is 94.0. The highest BCUT2D eigenvalue weighted by molar-refractivity contribution is 8.76. The van der Waals surface area contributed by atoms with Crippen LogP contribution in [0.5, 0.6) is 0 Å². The van der Waals surface area contributed by atoms with Gasteiger partial charge in [0.05, 0.1) is 18.2 Å². The molecule has 1 aliphatic heterocycles. The zero-order chi connectivity index (χ0) is 34.4. The van der Waals surface area contributed by atoms with E-state index in [1.165, 1.54) is 14.0 Å². The van der Waals surface area contributed by atoms with E-state index in [0.29, 0.717) is 5.56 Å². The number of carbonyl (C=O) groups is 7. The summed E-state index contributed by atoms with van der Waals surface area (Å²) < 4.78 is 0. The lowest BCUT2D eigenvalue weighted by molar-refractivity contribution is -0.143. The van der Waals surface area contributed by atoms with E-state index in [0.717, 1.165) is 26.5 Å². The summed E-state index contributed by atoms with van der Waals surface area (Å²) in [7, 11) is 3.40. The molecular weight excluding hydrogens is 644 g/mol. The summed E-state index contributed by atoms with van der Waals surface area (Å²) in [6.07, 6.45) is -0.564. The molecule has 1 aliphatic rings. The lowest BCUT2D eigenvalue weighted by Gasteiger charge is -2.31. The number of guanidine groups is 1. The second-order valence-electron chi connectivity index (χ2n) is 10.1. The SMILES string of the molecule is CC(=O)N[C@H]1CSS[C@H](c2ccccc2)[C@@H](C(=O)O)NC(=O)[C@H](CC(=O)O)NC(=O)CNC(=O)[C@H](CCCN=C(N)N)N(C)C1=O. The molecule has 1 saturated heterocycles. The fourth-order valence-electron chi connectivity index (χ4n) is 4.38. The van der Waals surface area contributed by atoms with Crippen LogP contribution in [0.3, 0.4) is 0 Å². The second kappa shape index (κ2) is 18.4. The normalized spacial score (nSPS) is 23.6. The first-order valence-corrected chi connectivity index (χ1v) is 16.3. The monoisotopic (exact) mass is 682 g/mol. The summed E-state index contributed by atoms with van der Waals surface area (Å²) in [5.41, 5.74) is 11.2. The molecule has 46 heavy (non-hydrogen) atoms. The quantitative estimate of drug-likeness (QED) is 0.0616. The van der Waals surface area contributed by atoms with E-state index < -0.39 is 83.9 Å². The van der Waals surface area contributed by atoms with Crippen molar-refractivity contribution in [2.24, 2.45) is 16.5 Å². The van der Waals surface area contributed by atoms with E-state index in [-0.39, 0.29) is 31.1 Å². The number of benzene rings is 1. The molecule has 1 fully saturated rings. The fourth-order valence-corrected chi connectivity index (χ4v) is 7.28. The molecule has 5 atom stereocenters. The molecule has 0 radical (unpaired) electrons. The van der Waals surface area contributed by atoms with Crippen LogP contribution in [0.1, 0.15) is 37.0 Å². The van der Waals surface area contributed by atoms with Crippen molar-refractivity contribution in [1.29, 1.82) is 0 Å². The van der Waals surface area contributed by atoms with Crippen LogP contribution in [-0.2, 0) is 33.6 Å². The number of carboxylic acid groups (broad SMARTS) is 2. The first-order valence-electron chi connectivity index (χ1n) is 14.0. The molecule has 1 aromatic carbocycles. The molecule has 0 saturated carbocycles. The second-order valence-corrected chi connectivity index (χ2v) is 12.7. The van der Waals surface area contributed by atoms with E-state index in [9.17, 15) is 43.8 Å². The van der Waals surface area contributed by atoms with Crippen molar-refractivity contribution in [3.05, 3.63) is 35.9 Å². The third-order valence-corrected chi connectivity index (χ3v) is 9.37. The summed E-state index contributed by atoms with van der Waals surface area (Å²) in [5, 5.41) is 28.0. The predicted molar refractivity (Wildman–Crippen MR) is 170 cm³/mol. The minimum absolute atomic E-state index is 0.0571. The number of nitrogens with one attached hydrogen (secondary N) is 4. The average molecular weight is 683 g/mol. The molecular formula is C27H38N8O9S2. The van der Waals surface area contributed by atoms with Gasteiger partial charge in [-0.05, 0) is 18.4 Å². The molecule has 0 bridgehead atoms. The van der Waals surface area contributed by atoms with Crippen molar-refractivity contribution in [2.75, 3.05) is 25.9 Å². The van der Waals surface area contributed by atoms with E-state index in [1.807, 2.05) is 0 Å². The summed E-state index contributed by atoms with van der Waals surface area (Å²) in [6, 6.07) is 2.70. The van der Waals surface area contributed by atoms with Crippen LogP contribution in [0, 0.1) is 0 Å². The van der Waals surface area contributed by atoms with Crippen LogP contribution in [0.15, 0.2) is 35.3 Å². The van der Waals surface area contributed by atoms with E-state index in [1.54, 1.807) is 30.3 Å². The van der Waals surface area contributed by atoms with Crippen molar-refractivity contribution in [3.8, 4) is 0 Å². The Morgan fingerprint density at radius 1 is 1.07 bits per heavy atom. The Hall–Kier alpha value is -4.52. The molecule has 2 rings (SSSR count). The topological polar surface area (TPSA) is 276 Å². The average Bonchev–Trinajstić information content (AvgIpc) is 2.98. The molecule has 1 heterocycles. The lowest BCUT2D eigenvalue weighted by atomic mass is 10.0. The molecule has 1 aromatic rings. The molecule has 5 amide bonds. The Kier molecular flexibility index (Phi) is 15.1. The first kappa shape index (κ1) is 37.7. The minimum Gasteiger partial charge on any atom is -0.481 e. The van der Waals surface area contributed by atoms with Crippen molar-refractivity contribution >= 4 is 69.0 Å². The van der Waals surface area contributed by atoms with Gasteiger partial charge in [0.1, 0.15) is 24.2 Å². The molecule has 252 valence electrons. The highest BCUT2D eigenvalue weighted by atomic mass is 33.1. The Bertz CT molecular complexity index is 1310. The predicted octanol–water partition coefficient (Wildman–Crippen LogP) is -1.85. The number of hydrogen-bond acceptors (Lipinski definition) is 10. The van der Waals surface area contributed by atoms with Crippen molar-refractivity contribution < 1.29 is 43.8 Å². The fraction of sp³-hybridized carbons (Fsp3) is 0.481.